The number of rotatable bonds is 5. The number of alkyl halides is 3. The van der Waals surface area contributed by atoms with Crippen molar-refractivity contribution in [3.8, 4) is 5.88 Å². The van der Waals surface area contributed by atoms with E-state index < -0.39 is 28.8 Å². The first-order valence-corrected chi connectivity index (χ1v) is 8.92. The third kappa shape index (κ3) is 3.96. The minimum absolute atomic E-state index is 0.106. The topological polar surface area (TPSA) is 72.6 Å². The minimum Gasteiger partial charge on any atom is -0.468 e. The molecule has 0 radical (unpaired) electrons. The van der Waals surface area contributed by atoms with Crippen LogP contribution in [0.2, 0.25) is 0 Å². The highest BCUT2D eigenvalue weighted by atomic mass is 32.2. The van der Waals surface area contributed by atoms with Gasteiger partial charge in [-0.3, -0.25) is 0 Å². The highest BCUT2D eigenvalue weighted by Gasteiger charge is 2.37. The Hall–Kier alpha value is -2.07. The van der Waals surface area contributed by atoms with Crippen LogP contribution in [0.4, 0.5) is 13.2 Å². The number of hydrogen-bond acceptors (Lipinski definition) is 5. The highest BCUT2D eigenvalue weighted by molar-refractivity contribution is 7.89. The first-order valence-electron chi connectivity index (χ1n) is 7.48. The van der Waals surface area contributed by atoms with Crippen LogP contribution in [-0.4, -0.2) is 37.0 Å². The molecule has 0 N–H and O–H groups in total. The lowest BCUT2D eigenvalue weighted by Gasteiger charge is -2.22. The number of nitrogens with zero attached hydrogens (tertiary/aromatic N) is 2. The molecule has 2 aromatic rings. The van der Waals surface area contributed by atoms with Gasteiger partial charge in [-0.1, -0.05) is 0 Å². The van der Waals surface area contributed by atoms with Gasteiger partial charge >= 0.3 is 6.18 Å². The largest absolute Gasteiger partial charge is 0.468 e. The van der Waals surface area contributed by atoms with Gasteiger partial charge in [0.25, 0.3) is 0 Å². The molecule has 1 saturated heterocycles. The van der Waals surface area contributed by atoms with Crippen molar-refractivity contribution >= 4 is 10.0 Å². The van der Waals surface area contributed by atoms with Crippen molar-refractivity contribution in [1.82, 2.24) is 9.29 Å². The Balaban J connectivity index is 1.78. The van der Waals surface area contributed by atoms with Gasteiger partial charge < -0.3 is 9.15 Å². The minimum atomic E-state index is -4.49. The van der Waals surface area contributed by atoms with E-state index in [1.165, 1.54) is 16.6 Å². The maximum absolute atomic E-state index is 12.8. The molecule has 3 heterocycles. The Morgan fingerprint density at radius 3 is 2.72 bits per heavy atom. The van der Waals surface area contributed by atoms with E-state index in [1.54, 1.807) is 12.1 Å². The first kappa shape index (κ1) is 17.7. The number of pyridine rings is 1. The molecule has 0 amide bonds. The molecule has 10 heteroatoms. The van der Waals surface area contributed by atoms with Gasteiger partial charge in [0, 0.05) is 12.6 Å². The van der Waals surface area contributed by atoms with Crippen molar-refractivity contribution in [1.29, 1.82) is 0 Å². The lowest BCUT2D eigenvalue weighted by molar-refractivity contribution is -0.154. The van der Waals surface area contributed by atoms with Crippen molar-refractivity contribution in [2.24, 2.45) is 0 Å². The summed E-state index contributed by atoms with van der Waals surface area (Å²) in [6, 6.07) is 5.29. The maximum Gasteiger partial charge on any atom is 0.422 e. The standard InChI is InChI=1S/C15H15F3N2O4S/c16-15(17,18)10-24-14-6-5-11(9-19-14)25(21,22)20-7-1-3-12(20)13-4-2-8-23-13/h2,4-6,8-9,12H,1,3,7,10H2. The van der Waals surface area contributed by atoms with Crippen molar-refractivity contribution in [2.75, 3.05) is 13.2 Å². The summed E-state index contributed by atoms with van der Waals surface area (Å²) in [7, 11) is -3.84. The molecule has 0 spiro atoms. The molecule has 1 aliphatic rings. The molecule has 6 nitrogen and oxygen atoms in total. The van der Waals surface area contributed by atoms with Gasteiger partial charge in [0.15, 0.2) is 6.61 Å². The van der Waals surface area contributed by atoms with Crippen molar-refractivity contribution in [3.05, 3.63) is 42.5 Å². The van der Waals surface area contributed by atoms with Crippen LogP contribution >= 0.6 is 0 Å². The molecule has 0 aliphatic carbocycles. The molecule has 1 fully saturated rings. The molecule has 0 aromatic carbocycles. The van der Waals surface area contributed by atoms with E-state index >= 15 is 0 Å². The highest BCUT2D eigenvalue weighted by Crippen LogP contribution is 2.36. The van der Waals surface area contributed by atoms with Crippen LogP contribution in [0.3, 0.4) is 0 Å². The summed E-state index contributed by atoms with van der Waals surface area (Å²) in [5, 5.41) is 0. The summed E-state index contributed by atoms with van der Waals surface area (Å²) in [5.41, 5.74) is 0. The van der Waals surface area contributed by atoms with E-state index in [4.69, 9.17) is 4.42 Å². The lowest BCUT2D eigenvalue weighted by atomic mass is 10.2. The quantitative estimate of drug-likeness (QED) is 0.802. The lowest BCUT2D eigenvalue weighted by Crippen LogP contribution is -2.30. The van der Waals surface area contributed by atoms with Crippen molar-refractivity contribution in [3.63, 3.8) is 0 Å². The number of ether oxygens (including phenoxy) is 1. The predicted molar refractivity (Wildman–Crippen MR) is 80.4 cm³/mol. The summed E-state index contributed by atoms with van der Waals surface area (Å²) in [6.45, 7) is -1.15. The average molecular weight is 376 g/mol. The Labute approximate surface area is 142 Å². The molecule has 3 rings (SSSR count). The molecule has 136 valence electrons. The number of aromatic nitrogens is 1. The first-order chi connectivity index (χ1) is 11.8. The summed E-state index contributed by atoms with van der Waals surface area (Å²) in [4.78, 5) is 3.55. The van der Waals surface area contributed by atoms with Crippen LogP contribution in [0, 0.1) is 0 Å². The van der Waals surface area contributed by atoms with Gasteiger partial charge in [0.05, 0.1) is 18.5 Å². The third-order valence-corrected chi connectivity index (χ3v) is 5.67. The zero-order valence-corrected chi connectivity index (χ0v) is 13.8. The van der Waals surface area contributed by atoms with Gasteiger partial charge in [0.1, 0.15) is 10.7 Å². The Bertz CT molecular complexity index is 804. The zero-order valence-electron chi connectivity index (χ0n) is 12.9. The second kappa shape index (κ2) is 6.68. The van der Waals surface area contributed by atoms with Crippen LogP contribution in [0.25, 0.3) is 0 Å². The van der Waals surface area contributed by atoms with Gasteiger partial charge in [0.2, 0.25) is 15.9 Å². The van der Waals surface area contributed by atoms with Gasteiger partial charge in [-0.25, -0.2) is 13.4 Å². The Kier molecular flexibility index (Phi) is 4.74. The molecule has 1 aliphatic heterocycles. The van der Waals surface area contributed by atoms with Crippen LogP contribution in [0.1, 0.15) is 24.6 Å². The second-order valence-electron chi connectivity index (χ2n) is 5.53. The fourth-order valence-electron chi connectivity index (χ4n) is 2.69. The van der Waals surface area contributed by atoms with Gasteiger partial charge in [-0.2, -0.15) is 17.5 Å². The molecular formula is C15H15F3N2O4S. The fraction of sp³-hybridized carbons (Fsp3) is 0.400. The summed E-state index contributed by atoms with van der Waals surface area (Å²) < 4.78 is 73.1. The van der Waals surface area contributed by atoms with Gasteiger partial charge in [-0.05, 0) is 31.0 Å². The van der Waals surface area contributed by atoms with Crippen molar-refractivity contribution < 1.29 is 30.7 Å². The third-order valence-electron chi connectivity index (χ3n) is 3.77. The molecule has 0 bridgehead atoms. The fourth-order valence-corrected chi connectivity index (χ4v) is 4.30. The number of sulfonamides is 1. The number of hydrogen-bond donors (Lipinski definition) is 0. The molecule has 1 unspecified atom stereocenters. The average Bonchev–Trinajstić information content (AvgIpc) is 3.23. The summed E-state index contributed by atoms with van der Waals surface area (Å²) in [5.74, 6) is 0.263. The Morgan fingerprint density at radius 1 is 1.32 bits per heavy atom. The van der Waals surface area contributed by atoms with E-state index in [0.717, 1.165) is 12.3 Å². The van der Waals surface area contributed by atoms with Crippen LogP contribution < -0.4 is 4.74 Å². The van der Waals surface area contributed by atoms with Crippen LogP contribution in [0.15, 0.2) is 46.0 Å². The predicted octanol–water partition coefficient (Wildman–Crippen LogP) is 3.14. The number of furan rings is 1. The molecule has 25 heavy (non-hydrogen) atoms. The van der Waals surface area contributed by atoms with E-state index in [9.17, 15) is 21.6 Å². The maximum atomic E-state index is 12.8. The second-order valence-corrected chi connectivity index (χ2v) is 7.42. The normalized spacial score (nSPS) is 19.2. The zero-order chi connectivity index (χ0) is 18.1. The van der Waals surface area contributed by atoms with E-state index in [2.05, 4.69) is 9.72 Å². The van der Waals surface area contributed by atoms with E-state index in [0.29, 0.717) is 25.1 Å². The summed E-state index contributed by atoms with van der Waals surface area (Å²) >= 11 is 0. The Morgan fingerprint density at radius 2 is 2.12 bits per heavy atom. The molecular weight excluding hydrogens is 361 g/mol. The van der Waals surface area contributed by atoms with Crippen LogP contribution in [0.5, 0.6) is 5.88 Å². The van der Waals surface area contributed by atoms with E-state index in [-0.39, 0.29) is 10.8 Å². The molecule has 1 atom stereocenters. The number of halogens is 3. The van der Waals surface area contributed by atoms with E-state index in [1.807, 2.05) is 0 Å². The van der Waals surface area contributed by atoms with Crippen LogP contribution in [-0.2, 0) is 10.0 Å². The molecule has 0 saturated carbocycles. The monoisotopic (exact) mass is 376 g/mol. The van der Waals surface area contributed by atoms with Crippen molar-refractivity contribution in [2.45, 2.75) is 30.0 Å². The SMILES string of the molecule is O=S(=O)(c1ccc(OCC(F)(F)F)nc1)N1CCCC1c1ccco1. The summed E-state index contributed by atoms with van der Waals surface area (Å²) in [6.07, 6.45) is -0.693. The molecule has 2 aromatic heterocycles. The van der Waals surface area contributed by atoms with Gasteiger partial charge in [-0.15, -0.1) is 0 Å². The smallest absolute Gasteiger partial charge is 0.422 e.